The van der Waals surface area contributed by atoms with Gasteiger partial charge in [0.25, 0.3) is 11.8 Å². The molecule has 0 bridgehead atoms. The van der Waals surface area contributed by atoms with Crippen LogP contribution in [0.3, 0.4) is 0 Å². The van der Waals surface area contributed by atoms with Crippen molar-refractivity contribution in [3.63, 3.8) is 0 Å². The van der Waals surface area contributed by atoms with E-state index in [-0.39, 0.29) is 5.06 Å². The van der Waals surface area contributed by atoms with Crippen LogP contribution in [-0.4, -0.2) is 25.6 Å². The summed E-state index contributed by atoms with van der Waals surface area (Å²) in [7, 11) is 0. The van der Waals surface area contributed by atoms with E-state index in [9.17, 15) is 13.8 Å². The Balaban J connectivity index is 4.23. The summed E-state index contributed by atoms with van der Waals surface area (Å²) >= 11 is -2.65. The summed E-state index contributed by atoms with van der Waals surface area (Å²) in [6.45, 7) is 2.07. The molecular formula is C4H7NO5S. The summed E-state index contributed by atoms with van der Waals surface area (Å²) in [5, 5.41) is 0.204. The molecule has 0 fully saturated rings. The van der Waals surface area contributed by atoms with Crippen molar-refractivity contribution in [1.29, 1.82) is 0 Å². The molecule has 1 unspecified atom stereocenters. The summed E-state index contributed by atoms with van der Waals surface area (Å²) in [5.41, 5.74) is 0. The van der Waals surface area contributed by atoms with Crippen molar-refractivity contribution < 1.29 is 22.6 Å². The van der Waals surface area contributed by atoms with Crippen LogP contribution in [0.1, 0.15) is 13.8 Å². The summed E-state index contributed by atoms with van der Waals surface area (Å²) in [6.07, 6.45) is 0. The fraction of sp³-hybridized carbons (Fsp3) is 0.500. The maximum absolute atomic E-state index is 10.5. The van der Waals surface area contributed by atoms with Crippen LogP contribution in [0.4, 0.5) is 0 Å². The molecule has 2 amide bonds. The molecule has 0 aliphatic heterocycles. The normalized spacial score (nSPS) is 12.3. The topological polar surface area (TPSA) is 83.9 Å². The fourth-order valence-electron chi connectivity index (χ4n) is 0.390. The van der Waals surface area contributed by atoms with Crippen molar-refractivity contribution in [1.82, 2.24) is 5.06 Å². The summed E-state index contributed by atoms with van der Waals surface area (Å²) in [5.74, 6) is -1.50. The van der Waals surface area contributed by atoms with E-state index < -0.39 is 23.2 Å². The molecule has 0 radical (unpaired) electrons. The molecule has 7 heteroatoms. The molecule has 0 rings (SSSR count). The van der Waals surface area contributed by atoms with Crippen molar-refractivity contribution in [3.8, 4) is 0 Å². The Labute approximate surface area is 65.6 Å². The van der Waals surface area contributed by atoms with Crippen LogP contribution in [0.2, 0.25) is 0 Å². The highest BCUT2D eigenvalue weighted by molar-refractivity contribution is 7.74. The monoisotopic (exact) mass is 181 g/mol. The number of amides is 2. The average Bonchev–Trinajstić information content (AvgIpc) is 1.81. The summed E-state index contributed by atoms with van der Waals surface area (Å²) in [4.78, 5) is 20.9. The quantitative estimate of drug-likeness (QED) is 0.456. The van der Waals surface area contributed by atoms with Gasteiger partial charge in [0.15, 0.2) is 0 Å². The van der Waals surface area contributed by atoms with Crippen LogP contribution in [0.5, 0.6) is 0 Å². The van der Waals surface area contributed by atoms with Gasteiger partial charge in [0, 0.05) is 13.8 Å². The van der Waals surface area contributed by atoms with Gasteiger partial charge in [-0.05, 0) is 0 Å². The molecule has 0 saturated carbocycles. The van der Waals surface area contributed by atoms with Gasteiger partial charge in [-0.25, -0.2) is 0 Å². The number of hydrogen-bond acceptors (Lipinski definition) is 4. The Hall–Kier alpha value is -0.790. The second kappa shape index (κ2) is 4.16. The molecule has 0 aliphatic rings. The van der Waals surface area contributed by atoms with Gasteiger partial charge in [-0.3, -0.25) is 14.1 Å². The molecule has 64 valence electrons. The molecule has 1 N–H and O–H groups in total. The second-order valence-electron chi connectivity index (χ2n) is 1.62. The van der Waals surface area contributed by atoms with E-state index in [2.05, 4.69) is 4.28 Å². The fourth-order valence-corrected chi connectivity index (χ4v) is 0.728. The maximum atomic E-state index is 10.5. The van der Waals surface area contributed by atoms with Crippen molar-refractivity contribution in [3.05, 3.63) is 0 Å². The first-order valence-corrected chi connectivity index (χ1v) is 3.59. The van der Waals surface area contributed by atoms with E-state index >= 15 is 0 Å². The molecule has 0 heterocycles. The summed E-state index contributed by atoms with van der Waals surface area (Å²) in [6, 6.07) is 0. The van der Waals surface area contributed by atoms with E-state index in [0.29, 0.717) is 0 Å². The Bertz CT molecular complexity index is 189. The first-order chi connectivity index (χ1) is 4.95. The Morgan fingerprint density at radius 1 is 1.36 bits per heavy atom. The number of nitrogens with zero attached hydrogens (tertiary/aromatic N) is 1. The molecular weight excluding hydrogens is 174 g/mol. The van der Waals surface area contributed by atoms with Gasteiger partial charge in [0.2, 0.25) is 0 Å². The van der Waals surface area contributed by atoms with Crippen LogP contribution in [-0.2, 0) is 25.2 Å². The van der Waals surface area contributed by atoms with E-state index in [1.165, 1.54) is 0 Å². The zero-order valence-electron chi connectivity index (χ0n) is 5.94. The highest BCUT2D eigenvalue weighted by Crippen LogP contribution is 1.94. The molecule has 11 heavy (non-hydrogen) atoms. The van der Waals surface area contributed by atoms with Gasteiger partial charge in [-0.2, -0.15) is 4.21 Å². The van der Waals surface area contributed by atoms with E-state index in [1.54, 1.807) is 0 Å². The SMILES string of the molecule is CC(=O)N(OS(=O)O)C(C)=O. The minimum Gasteiger partial charge on any atom is -0.282 e. The lowest BCUT2D eigenvalue weighted by atomic mass is 10.6. The lowest BCUT2D eigenvalue weighted by Gasteiger charge is -2.11. The largest absolute Gasteiger partial charge is 0.325 e. The van der Waals surface area contributed by atoms with Crippen LogP contribution in [0, 0.1) is 0 Å². The first-order valence-electron chi connectivity index (χ1n) is 2.55. The third kappa shape index (κ3) is 3.81. The first kappa shape index (κ1) is 10.2. The Morgan fingerprint density at radius 2 is 1.73 bits per heavy atom. The molecule has 1 atom stereocenters. The van der Waals surface area contributed by atoms with E-state index in [0.717, 1.165) is 13.8 Å². The van der Waals surface area contributed by atoms with Gasteiger partial charge in [-0.15, -0.1) is 9.35 Å². The van der Waals surface area contributed by atoms with Crippen LogP contribution >= 0.6 is 0 Å². The zero-order valence-corrected chi connectivity index (χ0v) is 6.75. The van der Waals surface area contributed by atoms with Crippen LogP contribution in [0.25, 0.3) is 0 Å². The van der Waals surface area contributed by atoms with E-state index in [1.807, 2.05) is 0 Å². The van der Waals surface area contributed by atoms with Gasteiger partial charge < -0.3 is 0 Å². The van der Waals surface area contributed by atoms with Crippen molar-refractivity contribution in [2.45, 2.75) is 13.8 Å². The highest BCUT2D eigenvalue weighted by atomic mass is 32.2. The highest BCUT2D eigenvalue weighted by Gasteiger charge is 2.17. The predicted octanol–water partition coefficient (Wildman–Crippen LogP) is -0.550. The Morgan fingerprint density at radius 3 is 1.82 bits per heavy atom. The van der Waals surface area contributed by atoms with Crippen molar-refractivity contribution in [2.24, 2.45) is 0 Å². The smallest absolute Gasteiger partial charge is 0.282 e. The molecule has 0 aliphatic carbocycles. The van der Waals surface area contributed by atoms with Gasteiger partial charge in [-0.1, -0.05) is 0 Å². The molecule has 0 saturated heterocycles. The number of carbonyl (C=O) groups excluding carboxylic acids is 2. The van der Waals surface area contributed by atoms with Crippen LogP contribution in [0.15, 0.2) is 0 Å². The average molecular weight is 181 g/mol. The van der Waals surface area contributed by atoms with Gasteiger partial charge in [0.05, 0.1) is 0 Å². The third-order valence-corrected chi connectivity index (χ3v) is 0.987. The van der Waals surface area contributed by atoms with Crippen LogP contribution < -0.4 is 0 Å². The lowest BCUT2D eigenvalue weighted by molar-refractivity contribution is -0.168. The third-order valence-electron chi connectivity index (χ3n) is 0.710. The lowest BCUT2D eigenvalue weighted by Crippen LogP contribution is -2.33. The Kier molecular flexibility index (Phi) is 3.86. The minimum absolute atomic E-state index is 0.204. The molecule has 0 aromatic rings. The molecule has 0 spiro atoms. The number of hydrogen-bond donors (Lipinski definition) is 1. The van der Waals surface area contributed by atoms with Crippen molar-refractivity contribution in [2.75, 3.05) is 0 Å². The molecule has 0 aromatic carbocycles. The number of imide groups is 1. The predicted molar refractivity (Wildman–Crippen MR) is 35.1 cm³/mol. The maximum Gasteiger partial charge on any atom is 0.325 e. The van der Waals surface area contributed by atoms with Gasteiger partial charge in [0.1, 0.15) is 0 Å². The van der Waals surface area contributed by atoms with Crippen molar-refractivity contribution >= 4 is 23.2 Å². The number of rotatable bonds is 2. The minimum atomic E-state index is -2.65. The zero-order chi connectivity index (χ0) is 9.02. The molecule has 6 nitrogen and oxygen atoms in total. The summed E-state index contributed by atoms with van der Waals surface area (Å²) < 4.78 is 22.0. The number of carbonyl (C=O) groups is 2. The van der Waals surface area contributed by atoms with E-state index in [4.69, 9.17) is 4.55 Å². The second-order valence-corrected chi connectivity index (χ2v) is 2.21. The number of hydroxylamine groups is 2. The standard InChI is InChI=1S/C4H7NO5S/c1-3(6)5(4(2)7)10-11(8)9/h1-2H3,(H,8,9). The van der Waals surface area contributed by atoms with Gasteiger partial charge >= 0.3 is 11.4 Å². The molecule has 0 aromatic heterocycles.